The third-order valence-corrected chi connectivity index (χ3v) is 3.84. The van der Waals surface area contributed by atoms with Crippen molar-refractivity contribution in [2.24, 2.45) is 5.92 Å². The van der Waals surface area contributed by atoms with E-state index in [1.54, 1.807) is 0 Å². The van der Waals surface area contributed by atoms with Crippen molar-refractivity contribution in [3.8, 4) is 11.8 Å². The van der Waals surface area contributed by atoms with E-state index in [1.807, 2.05) is 0 Å². The van der Waals surface area contributed by atoms with Crippen LogP contribution < -0.4 is 0 Å². The molecule has 1 aliphatic rings. The van der Waals surface area contributed by atoms with E-state index in [1.165, 1.54) is 19.3 Å². The lowest BCUT2D eigenvalue weighted by atomic mass is 9.89. The predicted molar refractivity (Wildman–Crippen MR) is 70.1 cm³/mol. The van der Waals surface area contributed by atoms with E-state index >= 15 is 0 Å². The molecule has 1 nitrogen and oxygen atoms in total. The second-order valence-electron chi connectivity index (χ2n) is 4.23. The first-order chi connectivity index (χ1) is 7.56. The Kier molecular flexibility index (Phi) is 6.29. The Hall–Kier alpha value is 0.390. The molecule has 0 radical (unpaired) electrons. The van der Waals surface area contributed by atoms with Gasteiger partial charge >= 0.3 is 0 Å². The molecule has 0 aromatic carbocycles. The van der Waals surface area contributed by atoms with Crippen LogP contribution in [0.4, 0.5) is 0 Å². The normalized spacial score (nSPS) is 20.0. The van der Waals surface area contributed by atoms with Crippen molar-refractivity contribution in [2.45, 2.75) is 49.0 Å². The Balaban J connectivity index is 2.48. The maximum atomic E-state index is 9.74. The molecule has 16 heavy (non-hydrogen) atoms. The number of hydrogen-bond donors (Lipinski definition) is 1. The summed E-state index contributed by atoms with van der Waals surface area (Å²) >= 11 is 17.4. The van der Waals surface area contributed by atoms with Crippen LogP contribution in [-0.2, 0) is 0 Å². The van der Waals surface area contributed by atoms with Gasteiger partial charge in [-0.05, 0) is 19.3 Å². The van der Waals surface area contributed by atoms with Crippen LogP contribution in [-0.4, -0.2) is 21.4 Å². The molecule has 0 saturated heterocycles. The van der Waals surface area contributed by atoms with Gasteiger partial charge in [0.1, 0.15) is 6.10 Å². The molecule has 0 heterocycles. The molecule has 1 fully saturated rings. The molecule has 0 spiro atoms. The number of halogens is 3. The third-order valence-electron chi connectivity index (χ3n) is 2.86. The summed E-state index contributed by atoms with van der Waals surface area (Å²) in [6, 6.07) is 0. The van der Waals surface area contributed by atoms with Crippen LogP contribution in [0.3, 0.4) is 0 Å². The van der Waals surface area contributed by atoms with Crippen molar-refractivity contribution in [3.63, 3.8) is 0 Å². The van der Waals surface area contributed by atoms with Gasteiger partial charge in [0, 0.05) is 11.8 Å². The lowest BCUT2D eigenvalue weighted by molar-refractivity contribution is 0.210. The SMILES string of the molecule is O[C@H](C#CC1CCCCC1)C(Cl)(Cl)CCCl. The van der Waals surface area contributed by atoms with Crippen molar-refractivity contribution >= 4 is 34.8 Å². The topological polar surface area (TPSA) is 20.2 Å². The van der Waals surface area contributed by atoms with Crippen molar-refractivity contribution in [1.29, 1.82) is 0 Å². The maximum absolute atomic E-state index is 9.74. The van der Waals surface area contributed by atoms with Crippen LogP contribution in [0.25, 0.3) is 0 Å². The zero-order valence-electron chi connectivity index (χ0n) is 9.19. The van der Waals surface area contributed by atoms with Crippen LogP contribution in [0.2, 0.25) is 0 Å². The molecule has 0 bridgehead atoms. The quantitative estimate of drug-likeness (QED) is 0.618. The Morgan fingerprint density at radius 2 is 1.88 bits per heavy atom. The molecule has 0 aromatic heterocycles. The molecule has 1 N–H and O–H groups in total. The Bertz CT molecular complexity index is 261. The molecule has 0 amide bonds. The largest absolute Gasteiger partial charge is 0.377 e. The highest BCUT2D eigenvalue weighted by molar-refractivity contribution is 6.49. The summed E-state index contributed by atoms with van der Waals surface area (Å²) in [5.41, 5.74) is 0. The average Bonchev–Trinajstić information content (AvgIpc) is 2.27. The van der Waals surface area contributed by atoms with Gasteiger partial charge in [0.2, 0.25) is 0 Å². The van der Waals surface area contributed by atoms with E-state index < -0.39 is 10.4 Å². The van der Waals surface area contributed by atoms with E-state index in [4.69, 9.17) is 34.8 Å². The molecule has 1 saturated carbocycles. The standard InChI is InChI=1S/C12H17Cl3O/c13-9-8-12(14,15)11(16)7-6-10-4-2-1-3-5-10/h10-11,16H,1-5,8-9H2/t11-/m1/s1. The van der Waals surface area contributed by atoms with Gasteiger partial charge in [-0.1, -0.05) is 54.3 Å². The summed E-state index contributed by atoms with van der Waals surface area (Å²) in [7, 11) is 0. The fourth-order valence-corrected chi connectivity index (χ4v) is 2.60. The fraction of sp³-hybridized carbons (Fsp3) is 0.833. The summed E-state index contributed by atoms with van der Waals surface area (Å²) in [6.07, 6.45) is 5.30. The fourth-order valence-electron chi connectivity index (χ4n) is 1.81. The van der Waals surface area contributed by atoms with Gasteiger partial charge in [-0.2, -0.15) is 0 Å². The lowest BCUT2D eigenvalue weighted by Crippen LogP contribution is -2.30. The zero-order valence-corrected chi connectivity index (χ0v) is 11.5. The molecular formula is C12H17Cl3O. The minimum absolute atomic E-state index is 0.315. The molecule has 92 valence electrons. The third kappa shape index (κ3) is 4.72. The first kappa shape index (κ1) is 14.5. The van der Waals surface area contributed by atoms with Crippen LogP contribution in [0.15, 0.2) is 0 Å². The number of hydrogen-bond acceptors (Lipinski definition) is 1. The number of aliphatic hydroxyl groups is 1. The molecule has 0 aromatic rings. The first-order valence-corrected chi connectivity index (χ1v) is 6.98. The van der Waals surface area contributed by atoms with Crippen molar-refractivity contribution in [1.82, 2.24) is 0 Å². The highest BCUT2D eigenvalue weighted by atomic mass is 35.5. The Morgan fingerprint density at radius 1 is 1.25 bits per heavy atom. The van der Waals surface area contributed by atoms with E-state index in [2.05, 4.69) is 11.8 Å². The highest BCUT2D eigenvalue weighted by Crippen LogP contribution is 2.30. The number of alkyl halides is 3. The molecule has 1 atom stereocenters. The minimum atomic E-state index is -1.25. The minimum Gasteiger partial charge on any atom is -0.377 e. The van der Waals surface area contributed by atoms with Crippen molar-refractivity contribution < 1.29 is 5.11 Å². The van der Waals surface area contributed by atoms with Gasteiger partial charge in [-0.15, -0.1) is 11.6 Å². The van der Waals surface area contributed by atoms with Crippen LogP contribution >= 0.6 is 34.8 Å². The molecule has 1 aliphatic carbocycles. The summed E-state index contributed by atoms with van der Waals surface area (Å²) in [5.74, 6) is 6.54. The molecule has 1 rings (SSSR count). The van der Waals surface area contributed by atoms with E-state index in [9.17, 15) is 5.11 Å². The molecule has 0 unspecified atom stereocenters. The predicted octanol–water partition coefficient (Wildman–Crippen LogP) is 3.73. The summed E-state index contributed by atoms with van der Waals surface area (Å²) in [4.78, 5) is 0. The number of rotatable bonds is 3. The van der Waals surface area contributed by atoms with E-state index in [0.29, 0.717) is 18.2 Å². The molecule has 4 heteroatoms. The lowest BCUT2D eigenvalue weighted by Gasteiger charge is -2.21. The second-order valence-corrected chi connectivity index (χ2v) is 6.15. The first-order valence-electron chi connectivity index (χ1n) is 5.69. The summed E-state index contributed by atoms with van der Waals surface area (Å²) in [6.45, 7) is 0. The van der Waals surface area contributed by atoms with Crippen LogP contribution in [0, 0.1) is 17.8 Å². The van der Waals surface area contributed by atoms with Gasteiger partial charge < -0.3 is 5.11 Å². The average molecular weight is 284 g/mol. The zero-order chi connectivity index (χ0) is 12.0. The molecule has 0 aliphatic heterocycles. The van der Waals surface area contributed by atoms with E-state index in [0.717, 1.165) is 12.8 Å². The van der Waals surface area contributed by atoms with Crippen LogP contribution in [0.1, 0.15) is 38.5 Å². The van der Waals surface area contributed by atoms with Gasteiger partial charge in [0.05, 0.1) is 0 Å². The highest BCUT2D eigenvalue weighted by Gasteiger charge is 2.31. The number of aliphatic hydroxyl groups excluding tert-OH is 1. The van der Waals surface area contributed by atoms with Gasteiger partial charge in [-0.25, -0.2) is 0 Å². The Morgan fingerprint density at radius 3 is 2.44 bits per heavy atom. The summed E-state index contributed by atoms with van der Waals surface area (Å²) < 4.78 is -1.25. The Labute approximate surface area is 112 Å². The van der Waals surface area contributed by atoms with E-state index in [-0.39, 0.29) is 0 Å². The smallest absolute Gasteiger partial charge is 0.156 e. The van der Waals surface area contributed by atoms with Crippen molar-refractivity contribution in [3.05, 3.63) is 0 Å². The monoisotopic (exact) mass is 282 g/mol. The maximum Gasteiger partial charge on any atom is 0.156 e. The van der Waals surface area contributed by atoms with Gasteiger partial charge in [0.15, 0.2) is 4.33 Å². The van der Waals surface area contributed by atoms with Crippen LogP contribution in [0.5, 0.6) is 0 Å². The van der Waals surface area contributed by atoms with Gasteiger partial charge in [0.25, 0.3) is 0 Å². The molecular weight excluding hydrogens is 266 g/mol. The summed E-state index contributed by atoms with van der Waals surface area (Å²) in [5, 5.41) is 9.74. The second kappa shape index (κ2) is 6.97. The van der Waals surface area contributed by atoms with Gasteiger partial charge in [-0.3, -0.25) is 0 Å². The van der Waals surface area contributed by atoms with Crippen molar-refractivity contribution in [2.75, 3.05) is 5.88 Å².